The zero-order chi connectivity index (χ0) is 17.9. The summed E-state index contributed by atoms with van der Waals surface area (Å²) in [7, 11) is 0. The number of fused-ring (bicyclic) bond motifs is 4. The van der Waals surface area contributed by atoms with Crippen molar-refractivity contribution in [3.05, 3.63) is 57.4 Å². The van der Waals surface area contributed by atoms with Crippen LogP contribution in [0.3, 0.4) is 0 Å². The quantitative estimate of drug-likeness (QED) is 0.271. The van der Waals surface area contributed by atoms with E-state index in [1.807, 2.05) is 0 Å². The first-order chi connectivity index (χ1) is 11.9. The van der Waals surface area contributed by atoms with Crippen LogP contribution in [0.1, 0.15) is 28.6 Å². The van der Waals surface area contributed by atoms with Crippen molar-refractivity contribution < 1.29 is 0 Å². The second-order valence-corrected chi connectivity index (χ2v) is 9.27. The van der Waals surface area contributed by atoms with E-state index in [2.05, 4.69) is 70.4 Å². The van der Waals surface area contributed by atoms with Crippen molar-refractivity contribution in [3.8, 4) is 0 Å². The molecule has 0 fully saturated rings. The molecule has 3 heteroatoms. The number of aryl methyl sites for hydroxylation is 4. The van der Waals surface area contributed by atoms with E-state index >= 15 is 0 Å². The molecule has 1 aromatic heterocycles. The van der Waals surface area contributed by atoms with E-state index < -0.39 is 0 Å². The molecule has 126 valence electrons. The largest absolute Gasteiger partial charge is 0.241 e. The predicted molar refractivity (Wildman–Crippen MR) is 114 cm³/mol. The molecule has 0 atom stereocenters. The number of thiazole rings is 1. The van der Waals surface area contributed by atoms with Gasteiger partial charge in [-0.05, 0) is 78.4 Å². The van der Waals surface area contributed by atoms with Crippen molar-refractivity contribution in [2.45, 2.75) is 39.5 Å². The van der Waals surface area contributed by atoms with E-state index in [9.17, 15) is 0 Å². The van der Waals surface area contributed by atoms with E-state index in [4.69, 9.17) is 0 Å². The first-order valence-corrected chi connectivity index (χ1v) is 10.1. The van der Waals surface area contributed by atoms with Gasteiger partial charge in [-0.3, -0.25) is 0 Å². The van der Waals surface area contributed by atoms with Crippen molar-refractivity contribution in [1.29, 1.82) is 0 Å². The number of hydrogen-bond acceptors (Lipinski definition) is 3. The minimum absolute atomic E-state index is 1.11. The Morgan fingerprint density at radius 1 is 0.960 bits per heavy atom. The van der Waals surface area contributed by atoms with Crippen LogP contribution in [0.15, 0.2) is 40.6 Å². The number of hydrogen-bond donors (Lipinski definition) is 0. The number of rotatable bonds is 2. The van der Waals surface area contributed by atoms with Crippen LogP contribution < -0.4 is 0 Å². The average molecular weight is 364 g/mol. The normalized spacial score (nSPS) is 11.7. The summed E-state index contributed by atoms with van der Waals surface area (Å²) in [6.45, 7) is 15.0. The van der Waals surface area contributed by atoms with E-state index in [1.54, 1.807) is 23.1 Å². The molecule has 0 N–H and O–H groups in total. The van der Waals surface area contributed by atoms with Gasteiger partial charge < -0.3 is 0 Å². The number of thioether (sulfide) groups is 1. The summed E-state index contributed by atoms with van der Waals surface area (Å²) in [5.41, 5.74) is 5.14. The second kappa shape index (κ2) is 5.86. The summed E-state index contributed by atoms with van der Waals surface area (Å²) in [6, 6.07) is 8.93. The SMILES string of the molecule is C=C(C)Sc1c(C)ccc2c(C)c3c(ccc4nc(C)sc43)c(C)c12. The van der Waals surface area contributed by atoms with Crippen molar-refractivity contribution >= 4 is 54.9 Å². The lowest BCUT2D eigenvalue weighted by molar-refractivity contribution is 1.33. The van der Waals surface area contributed by atoms with Gasteiger partial charge >= 0.3 is 0 Å². The molecule has 0 spiro atoms. The fraction of sp³-hybridized carbons (Fsp3) is 0.227. The van der Waals surface area contributed by atoms with E-state index in [1.165, 1.54) is 47.8 Å². The predicted octanol–water partition coefficient (Wildman–Crippen LogP) is 7.46. The summed E-state index contributed by atoms with van der Waals surface area (Å²) in [4.78, 5) is 7.15. The molecule has 0 aliphatic rings. The maximum absolute atomic E-state index is 4.69. The lowest BCUT2D eigenvalue weighted by Crippen LogP contribution is -1.92. The molecule has 1 nitrogen and oxygen atoms in total. The number of nitrogens with zero attached hydrogens (tertiary/aromatic N) is 1. The first kappa shape index (κ1) is 16.6. The zero-order valence-electron chi connectivity index (χ0n) is 15.3. The summed E-state index contributed by atoms with van der Waals surface area (Å²) in [5, 5.41) is 6.55. The molecule has 0 radical (unpaired) electrons. The second-order valence-electron chi connectivity index (χ2n) is 6.76. The molecule has 0 bridgehead atoms. The van der Waals surface area contributed by atoms with E-state index in [0.29, 0.717) is 0 Å². The van der Waals surface area contributed by atoms with Gasteiger partial charge in [0, 0.05) is 10.3 Å². The molecular formula is C22H21NS2. The third kappa shape index (κ3) is 2.49. The lowest BCUT2D eigenvalue weighted by atomic mass is 9.92. The smallest absolute Gasteiger partial charge is 0.0908 e. The summed E-state index contributed by atoms with van der Waals surface area (Å²) < 4.78 is 1.31. The van der Waals surface area contributed by atoms with Crippen LogP contribution in [0, 0.1) is 27.7 Å². The number of allylic oxidation sites excluding steroid dienone is 1. The Labute approximate surface area is 156 Å². The van der Waals surface area contributed by atoms with Gasteiger partial charge in [0.05, 0.1) is 15.2 Å². The van der Waals surface area contributed by atoms with Crippen LogP contribution in [0.2, 0.25) is 0 Å². The maximum atomic E-state index is 4.69. The summed E-state index contributed by atoms with van der Waals surface area (Å²) in [6.07, 6.45) is 0. The van der Waals surface area contributed by atoms with Gasteiger partial charge in [-0.25, -0.2) is 4.98 Å². The molecule has 0 aliphatic heterocycles. The van der Waals surface area contributed by atoms with Gasteiger partial charge in [-0.2, -0.15) is 0 Å². The molecule has 0 aliphatic carbocycles. The molecule has 0 saturated heterocycles. The van der Waals surface area contributed by atoms with E-state index in [0.717, 1.165) is 15.4 Å². The van der Waals surface area contributed by atoms with Gasteiger partial charge in [-0.1, -0.05) is 36.5 Å². The van der Waals surface area contributed by atoms with Crippen molar-refractivity contribution in [2.75, 3.05) is 0 Å². The Bertz CT molecular complexity index is 1180. The molecule has 1 heterocycles. The molecule has 4 aromatic rings. The van der Waals surface area contributed by atoms with Gasteiger partial charge in [0.25, 0.3) is 0 Å². The Kier molecular flexibility index (Phi) is 3.89. The average Bonchev–Trinajstić information content (AvgIpc) is 2.93. The van der Waals surface area contributed by atoms with Crippen molar-refractivity contribution in [3.63, 3.8) is 0 Å². The van der Waals surface area contributed by atoms with Gasteiger partial charge in [0.2, 0.25) is 0 Å². The molecule has 0 saturated carbocycles. The highest BCUT2D eigenvalue weighted by molar-refractivity contribution is 8.03. The Balaban J connectivity index is 2.25. The Morgan fingerprint density at radius 3 is 2.32 bits per heavy atom. The molecule has 4 rings (SSSR count). The highest BCUT2D eigenvalue weighted by atomic mass is 32.2. The molecule has 25 heavy (non-hydrogen) atoms. The lowest BCUT2D eigenvalue weighted by Gasteiger charge is -2.17. The highest BCUT2D eigenvalue weighted by Gasteiger charge is 2.17. The van der Waals surface area contributed by atoms with E-state index in [-0.39, 0.29) is 0 Å². The molecule has 3 aromatic carbocycles. The zero-order valence-corrected chi connectivity index (χ0v) is 16.9. The van der Waals surface area contributed by atoms with Gasteiger partial charge in [0.1, 0.15) is 0 Å². The van der Waals surface area contributed by atoms with Gasteiger partial charge in [-0.15, -0.1) is 11.3 Å². The van der Waals surface area contributed by atoms with Crippen LogP contribution in [-0.2, 0) is 0 Å². The number of aromatic nitrogens is 1. The molecular weight excluding hydrogens is 342 g/mol. The van der Waals surface area contributed by atoms with Crippen LogP contribution in [-0.4, -0.2) is 4.98 Å². The minimum atomic E-state index is 1.11. The monoisotopic (exact) mass is 363 g/mol. The minimum Gasteiger partial charge on any atom is -0.241 e. The third-order valence-electron chi connectivity index (χ3n) is 4.85. The Hall–Kier alpha value is -1.84. The molecule has 0 amide bonds. The topological polar surface area (TPSA) is 12.9 Å². The van der Waals surface area contributed by atoms with Gasteiger partial charge in [0.15, 0.2) is 0 Å². The summed E-state index contributed by atoms with van der Waals surface area (Å²) in [5.74, 6) is 0. The van der Waals surface area contributed by atoms with Crippen LogP contribution >= 0.6 is 23.1 Å². The number of benzene rings is 3. The standard InChI is InChI=1S/C22H21NS2/c1-11(2)24-21-12(3)7-8-16-14(5)20-17(13(4)19(16)21)9-10-18-22(20)25-15(6)23-18/h7-10H,1H2,2-6H3. The molecule has 0 unspecified atom stereocenters. The van der Waals surface area contributed by atoms with Crippen molar-refractivity contribution in [1.82, 2.24) is 4.98 Å². The fourth-order valence-electron chi connectivity index (χ4n) is 3.73. The highest BCUT2D eigenvalue weighted by Crippen LogP contribution is 2.43. The maximum Gasteiger partial charge on any atom is 0.0908 e. The van der Waals surface area contributed by atoms with Crippen LogP contribution in [0.5, 0.6) is 0 Å². The van der Waals surface area contributed by atoms with Crippen LogP contribution in [0.25, 0.3) is 31.8 Å². The fourth-order valence-corrected chi connectivity index (χ4v) is 5.70. The summed E-state index contributed by atoms with van der Waals surface area (Å²) >= 11 is 3.59. The third-order valence-corrected chi connectivity index (χ3v) is 6.94. The first-order valence-electron chi connectivity index (χ1n) is 8.44. The Morgan fingerprint density at radius 2 is 1.60 bits per heavy atom. The van der Waals surface area contributed by atoms with Crippen molar-refractivity contribution in [2.24, 2.45) is 0 Å². The van der Waals surface area contributed by atoms with Crippen LogP contribution in [0.4, 0.5) is 0 Å².